The van der Waals surface area contributed by atoms with E-state index in [-0.39, 0.29) is 0 Å². The Hall–Kier alpha value is -0.700. The van der Waals surface area contributed by atoms with Crippen LogP contribution >= 0.6 is 0 Å². The molecule has 0 aromatic rings. The monoisotopic (exact) mass is 242 g/mol. The van der Waals surface area contributed by atoms with E-state index in [1.807, 2.05) is 0 Å². The third-order valence-corrected chi connectivity index (χ3v) is 3.25. The standard InChI is InChI=1S/C6H10O6S2/c1-5(13(7,8)9)3-4-6(2)14(10,11)12/h3-4,6H,1H2,2H3,(H,7,8,9)(H,10,11,12)/b4-3-. The first kappa shape index (κ1) is 13.3. The molecule has 0 aromatic heterocycles. The van der Waals surface area contributed by atoms with Gasteiger partial charge in [-0.3, -0.25) is 9.11 Å². The first-order valence-corrected chi connectivity index (χ1v) is 6.30. The van der Waals surface area contributed by atoms with Crippen LogP contribution in [-0.4, -0.2) is 31.2 Å². The zero-order valence-electron chi connectivity index (χ0n) is 7.28. The third kappa shape index (κ3) is 4.51. The predicted octanol–water partition coefficient (Wildman–Crippen LogP) is 0.220. The van der Waals surface area contributed by atoms with Crippen molar-refractivity contribution in [3.63, 3.8) is 0 Å². The van der Waals surface area contributed by atoms with Gasteiger partial charge in [-0.15, -0.1) is 0 Å². The molecule has 0 spiro atoms. The summed E-state index contributed by atoms with van der Waals surface area (Å²) < 4.78 is 58.6. The first-order valence-electron chi connectivity index (χ1n) is 3.36. The summed E-state index contributed by atoms with van der Waals surface area (Å²) in [5.41, 5.74) is 0. The molecule has 1 unspecified atom stereocenters. The van der Waals surface area contributed by atoms with Gasteiger partial charge in [-0.05, 0) is 13.0 Å². The molecule has 82 valence electrons. The van der Waals surface area contributed by atoms with E-state index in [9.17, 15) is 16.8 Å². The Kier molecular flexibility index (Phi) is 4.01. The molecule has 0 radical (unpaired) electrons. The predicted molar refractivity (Wildman–Crippen MR) is 50.8 cm³/mol. The minimum Gasteiger partial charge on any atom is -0.285 e. The average Bonchev–Trinajstić information content (AvgIpc) is 1.95. The molecular formula is C6H10O6S2. The van der Waals surface area contributed by atoms with E-state index in [1.54, 1.807) is 0 Å². The number of rotatable bonds is 4. The summed E-state index contributed by atoms with van der Waals surface area (Å²) >= 11 is 0. The van der Waals surface area contributed by atoms with Crippen LogP contribution in [0.2, 0.25) is 0 Å². The lowest BCUT2D eigenvalue weighted by atomic mass is 10.4. The lowest BCUT2D eigenvalue weighted by molar-refractivity contribution is 0.477. The van der Waals surface area contributed by atoms with Crippen molar-refractivity contribution in [1.82, 2.24) is 0 Å². The van der Waals surface area contributed by atoms with Crippen LogP contribution in [0.5, 0.6) is 0 Å². The maximum Gasteiger partial charge on any atom is 0.293 e. The van der Waals surface area contributed by atoms with Crippen molar-refractivity contribution in [2.75, 3.05) is 0 Å². The average molecular weight is 242 g/mol. The normalized spacial score (nSPS) is 15.6. The molecule has 0 bridgehead atoms. The molecule has 0 aliphatic rings. The molecule has 0 rings (SSSR count). The van der Waals surface area contributed by atoms with Gasteiger partial charge in [0.05, 0.1) is 4.91 Å². The Morgan fingerprint density at radius 1 is 1.29 bits per heavy atom. The SMILES string of the molecule is C=C(/C=C\C(C)S(=O)(=O)O)S(=O)(=O)O. The van der Waals surface area contributed by atoms with Crippen molar-refractivity contribution in [3.8, 4) is 0 Å². The van der Waals surface area contributed by atoms with Crippen LogP contribution in [0.15, 0.2) is 23.6 Å². The highest BCUT2D eigenvalue weighted by Crippen LogP contribution is 2.06. The maximum atomic E-state index is 10.5. The Morgan fingerprint density at radius 3 is 2.00 bits per heavy atom. The molecule has 1 atom stereocenters. The summed E-state index contributed by atoms with van der Waals surface area (Å²) in [6.07, 6.45) is 1.69. The fourth-order valence-electron chi connectivity index (χ4n) is 0.428. The van der Waals surface area contributed by atoms with Crippen molar-refractivity contribution in [1.29, 1.82) is 0 Å². The van der Waals surface area contributed by atoms with Gasteiger partial charge >= 0.3 is 0 Å². The molecule has 14 heavy (non-hydrogen) atoms. The van der Waals surface area contributed by atoms with Gasteiger partial charge in [-0.25, -0.2) is 0 Å². The summed E-state index contributed by atoms with van der Waals surface area (Å²) in [5.74, 6) is 0. The third-order valence-electron chi connectivity index (χ3n) is 1.35. The van der Waals surface area contributed by atoms with E-state index >= 15 is 0 Å². The fourth-order valence-corrected chi connectivity index (χ4v) is 0.956. The summed E-state index contributed by atoms with van der Waals surface area (Å²) in [4.78, 5) is -0.645. The molecule has 0 aromatic carbocycles. The second-order valence-corrected chi connectivity index (χ2v) is 5.77. The van der Waals surface area contributed by atoms with Crippen LogP contribution in [0.4, 0.5) is 0 Å². The lowest BCUT2D eigenvalue weighted by Crippen LogP contribution is -2.13. The molecule has 0 heterocycles. The second kappa shape index (κ2) is 4.22. The van der Waals surface area contributed by atoms with Crippen molar-refractivity contribution >= 4 is 20.2 Å². The van der Waals surface area contributed by atoms with Crippen molar-refractivity contribution < 1.29 is 25.9 Å². The summed E-state index contributed by atoms with van der Waals surface area (Å²) in [6.45, 7) is 4.12. The quantitative estimate of drug-likeness (QED) is 0.539. The molecule has 8 heteroatoms. The largest absolute Gasteiger partial charge is 0.293 e. The van der Waals surface area contributed by atoms with Gasteiger partial charge in [0, 0.05) is 0 Å². The molecule has 0 aliphatic heterocycles. The van der Waals surface area contributed by atoms with E-state index in [0.717, 1.165) is 19.1 Å². The number of allylic oxidation sites excluding steroid dienone is 1. The van der Waals surface area contributed by atoms with Gasteiger partial charge in [0.1, 0.15) is 5.25 Å². The van der Waals surface area contributed by atoms with Gasteiger partial charge < -0.3 is 0 Å². The highest BCUT2D eigenvalue weighted by molar-refractivity contribution is 7.90. The minimum absolute atomic E-state index is 0.645. The van der Waals surface area contributed by atoms with E-state index in [4.69, 9.17) is 9.11 Å². The Labute approximate surface area is 82.4 Å². The van der Waals surface area contributed by atoms with Gasteiger partial charge in [-0.1, -0.05) is 12.7 Å². The minimum atomic E-state index is -4.40. The Balaban J connectivity index is 4.74. The van der Waals surface area contributed by atoms with E-state index in [2.05, 4.69) is 6.58 Å². The number of hydrogen-bond acceptors (Lipinski definition) is 4. The Bertz CT molecular complexity index is 441. The zero-order valence-corrected chi connectivity index (χ0v) is 8.92. The van der Waals surface area contributed by atoms with Gasteiger partial charge in [0.25, 0.3) is 20.2 Å². The highest BCUT2D eigenvalue weighted by atomic mass is 32.2. The molecular weight excluding hydrogens is 232 g/mol. The molecule has 0 aliphatic carbocycles. The van der Waals surface area contributed by atoms with Crippen molar-refractivity contribution in [3.05, 3.63) is 23.6 Å². The molecule has 0 saturated carbocycles. The van der Waals surface area contributed by atoms with E-state index in [0.29, 0.717) is 0 Å². The number of hydrogen-bond donors (Lipinski definition) is 2. The summed E-state index contributed by atoms with van der Waals surface area (Å²) in [7, 11) is -8.65. The van der Waals surface area contributed by atoms with Crippen LogP contribution in [0.3, 0.4) is 0 Å². The smallest absolute Gasteiger partial charge is 0.285 e. The van der Waals surface area contributed by atoms with Gasteiger partial charge in [0.2, 0.25) is 0 Å². The molecule has 2 N–H and O–H groups in total. The van der Waals surface area contributed by atoms with Crippen molar-refractivity contribution in [2.45, 2.75) is 12.2 Å². The summed E-state index contributed by atoms with van der Waals surface area (Å²) in [5, 5.41) is -1.26. The maximum absolute atomic E-state index is 10.5. The van der Waals surface area contributed by atoms with Crippen LogP contribution < -0.4 is 0 Å². The van der Waals surface area contributed by atoms with Gasteiger partial charge in [-0.2, -0.15) is 16.8 Å². The second-order valence-electron chi connectivity index (χ2n) is 2.52. The summed E-state index contributed by atoms with van der Waals surface area (Å²) in [6, 6.07) is 0. The van der Waals surface area contributed by atoms with Crippen LogP contribution in [0.25, 0.3) is 0 Å². The highest BCUT2D eigenvalue weighted by Gasteiger charge is 2.14. The van der Waals surface area contributed by atoms with E-state index < -0.39 is 30.4 Å². The van der Waals surface area contributed by atoms with Crippen LogP contribution in [0, 0.1) is 0 Å². The molecule has 6 nitrogen and oxygen atoms in total. The topological polar surface area (TPSA) is 109 Å². The zero-order chi connectivity index (χ0) is 11.6. The first-order chi connectivity index (χ1) is 6.05. The lowest BCUT2D eigenvalue weighted by Gasteiger charge is -2.00. The molecule has 0 amide bonds. The van der Waals surface area contributed by atoms with Crippen LogP contribution in [-0.2, 0) is 20.2 Å². The van der Waals surface area contributed by atoms with Gasteiger partial charge in [0.15, 0.2) is 0 Å². The fraction of sp³-hybridized carbons (Fsp3) is 0.333. The van der Waals surface area contributed by atoms with Crippen LogP contribution in [0.1, 0.15) is 6.92 Å². The van der Waals surface area contributed by atoms with Crippen molar-refractivity contribution in [2.24, 2.45) is 0 Å². The molecule has 0 saturated heterocycles. The van der Waals surface area contributed by atoms with E-state index in [1.165, 1.54) is 0 Å². The Morgan fingerprint density at radius 2 is 1.71 bits per heavy atom. The molecule has 0 fully saturated rings.